The van der Waals surface area contributed by atoms with E-state index in [1.807, 2.05) is 12.1 Å². The highest BCUT2D eigenvalue weighted by atomic mass is 32.2. The van der Waals surface area contributed by atoms with Crippen LogP contribution in [0.2, 0.25) is 0 Å². The highest BCUT2D eigenvalue weighted by Crippen LogP contribution is 2.25. The van der Waals surface area contributed by atoms with Crippen LogP contribution in [-0.4, -0.2) is 35.2 Å². The molecule has 0 spiro atoms. The summed E-state index contributed by atoms with van der Waals surface area (Å²) in [5.41, 5.74) is 0.855. The van der Waals surface area contributed by atoms with Crippen molar-refractivity contribution in [1.29, 1.82) is 0 Å². The summed E-state index contributed by atoms with van der Waals surface area (Å²) in [5.74, 6) is 0.515. The predicted molar refractivity (Wildman–Crippen MR) is 88.1 cm³/mol. The van der Waals surface area contributed by atoms with E-state index in [0.717, 1.165) is 34.8 Å². The number of hydrogen-bond donors (Lipinski definition) is 2. The summed E-state index contributed by atoms with van der Waals surface area (Å²) in [6.07, 6.45) is 1.67. The topological polar surface area (TPSA) is 102 Å². The number of nitrogens with one attached hydrogen (secondary N) is 2. The molecule has 2 fully saturated rings. The molecule has 1 aromatic carbocycles. The van der Waals surface area contributed by atoms with Gasteiger partial charge >= 0.3 is 0 Å². The van der Waals surface area contributed by atoms with Gasteiger partial charge in [0.2, 0.25) is 5.91 Å². The van der Waals surface area contributed by atoms with Crippen LogP contribution in [0.15, 0.2) is 29.2 Å². The summed E-state index contributed by atoms with van der Waals surface area (Å²) in [5, 5.41) is 3.74. The molecule has 0 aliphatic carbocycles. The third kappa shape index (κ3) is 5.15. The van der Waals surface area contributed by atoms with E-state index in [1.165, 1.54) is 0 Å². The van der Waals surface area contributed by atoms with E-state index in [-0.39, 0.29) is 22.3 Å². The standard InChI is InChI=1S/C11H9NO3S.C3H3NO2S/c1-15-8-4-2-7(3-5-8)6-9-10(13)12-11(14)16-9;5-2-1-7-3(6)4-2/h2-6H,1H3,(H,12,13,14);1H2,(H,4,5,6)/b9-6-;. The molecule has 0 radical (unpaired) electrons. The number of amides is 4. The molecule has 0 bridgehead atoms. The first-order chi connectivity index (χ1) is 11.0. The Kier molecular flexibility index (Phi) is 5.83. The number of rotatable bonds is 2. The van der Waals surface area contributed by atoms with Gasteiger partial charge in [-0.3, -0.25) is 29.8 Å². The van der Waals surface area contributed by atoms with E-state index < -0.39 is 0 Å². The monoisotopic (exact) mass is 352 g/mol. The molecular weight excluding hydrogens is 340 g/mol. The predicted octanol–water partition coefficient (Wildman–Crippen LogP) is 1.99. The second kappa shape index (κ2) is 7.84. The van der Waals surface area contributed by atoms with Gasteiger partial charge in [0.25, 0.3) is 16.4 Å². The van der Waals surface area contributed by atoms with Crippen molar-refractivity contribution in [2.24, 2.45) is 0 Å². The van der Waals surface area contributed by atoms with Crippen LogP contribution in [0.4, 0.5) is 9.59 Å². The lowest BCUT2D eigenvalue weighted by Crippen LogP contribution is -2.18. The normalized spacial score (nSPS) is 18.4. The third-order valence-electron chi connectivity index (χ3n) is 2.63. The van der Waals surface area contributed by atoms with Crippen molar-refractivity contribution in [3.8, 4) is 5.75 Å². The maximum absolute atomic E-state index is 11.3. The van der Waals surface area contributed by atoms with Gasteiger partial charge in [0.15, 0.2) is 0 Å². The summed E-state index contributed by atoms with van der Waals surface area (Å²) in [6, 6.07) is 7.24. The summed E-state index contributed by atoms with van der Waals surface area (Å²) in [6.45, 7) is 0. The minimum Gasteiger partial charge on any atom is -0.497 e. The van der Waals surface area contributed by atoms with Gasteiger partial charge in [0.1, 0.15) is 5.75 Å². The lowest BCUT2D eigenvalue weighted by molar-refractivity contribution is -0.117. The fraction of sp³-hybridized carbons (Fsp3) is 0.143. The molecular formula is C14H12N2O5S2. The summed E-state index contributed by atoms with van der Waals surface area (Å²) in [7, 11) is 1.59. The summed E-state index contributed by atoms with van der Waals surface area (Å²) >= 11 is 1.91. The van der Waals surface area contributed by atoms with Gasteiger partial charge in [0.05, 0.1) is 17.8 Å². The van der Waals surface area contributed by atoms with E-state index in [9.17, 15) is 19.2 Å². The van der Waals surface area contributed by atoms with Crippen LogP contribution in [0.25, 0.3) is 6.08 Å². The van der Waals surface area contributed by atoms with E-state index in [1.54, 1.807) is 25.3 Å². The fourth-order valence-electron chi connectivity index (χ4n) is 1.59. The number of hydrogen-bond acceptors (Lipinski definition) is 7. The maximum atomic E-state index is 11.3. The van der Waals surface area contributed by atoms with Crippen LogP contribution >= 0.6 is 23.5 Å². The van der Waals surface area contributed by atoms with Crippen LogP contribution in [-0.2, 0) is 9.59 Å². The molecule has 0 saturated carbocycles. The highest BCUT2D eigenvalue weighted by Gasteiger charge is 2.24. The molecule has 7 nitrogen and oxygen atoms in total. The van der Waals surface area contributed by atoms with Gasteiger partial charge in [-0.25, -0.2) is 0 Å². The van der Waals surface area contributed by atoms with Gasteiger partial charge < -0.3 is 4.74 Å². The van der Waals surface area contributed by atoms with Crippen LogP contribution in [0, 0.1) is 0 Å². The first-order valence-electron chi connectivity index (χ1n) is 6.33. The Balaban J connectivity index is 0.000000229. The number of imide groups is 2. The SMILES string of the molecule is COc1ccc(/C=C2\SC(=O)NC2=O)cc1.O=C1CSC(=O)N1. The first-order valence-corrected chi connectivity index (χ1v) is 8.13. The van der Waals surface area contributed by atoms with Crippen molar-refractivity contribution in [3.05, 3.63) is 34.7 Å². The molecule has 2 aliphatic heterocycles. The molecule has 0 unspecified atom stereocenters. The number of benzene rings is 1. The van der Waals surface area contributed by atoms with Gasteiger partial charge in [-0.15, -0.1) is 0 Å². The van der Waals surface area contributed by atoms with Crippen molar-refractivity contribution in [3.63, 3.8) is 0 Å². The molecule has 2 heterocycles. The van der Waals surface area contributed by atoms with Crippen molar-refractivity contribution in [2.75, 3.05) is 12.9 Å². The number of thioether (sulfide) groups is 2. The Labute approximate surface area is 140 Å². The van der Waals surface area contributed by atoms with Gasteiger partial charge in [-0.1, -0.05) is 23.9 Å². The fourth-order valence-corrected chi connectivity index (χ4v) is 2.79. The Morgan fingerprint density at radius 2 is 1.74 bits per heavy atom. The Bertz CT molecular complexity index is 671. The Hall–Kier alpha value is -2.26. The minimum absolute atomic E-state index is 0.185. The number of carbonyl (C=O) groups excluding carboxylic acids is 4. The average Bonchev–Trinajstić information content (AvgIpc) is 3.05. The second-order valence-electron chi connectivity index (χ2n) is 4.25. The molecule has 9 heteroatoms. The molecule has 120 valence electrons. The zero-order chi connectivity index (χ0) is 16.8. The van der Waals surface area contributed by atoms with Gasteiger partial charge in [0, 0.05) is 0 Å². The highest BCUT2D eigenvalue weighted by molar-refractivity contribution is 8.18. The van der Waals surface area contributed by atoms with E-state index in [4.69, 9.17) is 4.74 Å². The lowest BCUT2D eigenvalue weighted by atomic mass is 10.2. The maximum Gasteiger partial charge on any atom is 0.290 e. The third-order valence-corrected chi connectivity index (χ3v) is 4.21. The van der Waals surface area contributed by atoms with E-state index >= 15 is 0 Å². The van der Waals surface area contributed by atoms with Crippen LogP contribution in [0.1, 0.15) is 5.56 Å². The van der Waals surface area contributed by atoms with Crippen LogP contribution in [0.5, 0.6) is 5.75 Å². The molecule has 2 N–H and O–H groups in total. The number of carbonyl (C=O) groups is 4. The van der Waals surface area contributed by atoms with Gasteiger partial charge in [-0.2, -0.15) is 0 Å². The zero-order valence-corrected chi connectivity index (χ0v) is 13.6. The Morgan fingerprint density at radius 3 is 2.13 bits per heavy atom. The van der Waals surface area contributed by atoms with Crippen LogP contribution < -0.4 is 15.4 Å². The van der Waals surface area contributed by atoms with Crippen molar-refractivity contribution >= 4 is 51.9 Å². The van der Waals surface area contributed by atoms with Crippen LogP contribution in [0.3, 0.4) is 0 Å². The zero-order valence-electron chi connectivity index (χ0n) is 12.0. The van der Waals surface area contributed by atoms with Gasteiger partial charge in [-0.05, 0) is 35.5 Å². The Morgan fingerprint density at radius 1 is 1.04 bits per heavy atom. The van der Waals surface area contributed by atoms with E-state index in [2.05, 4.69) is 10.6 Å². The average molecular weight is 352 g/mol. The van der Waals surface area contributed by atoms with Crippen molar-refractivity contribution in [1.82, 2.24) is 10.6 Å². The molecule has 2 aliphatic rings. The molecule has 3 rings (SSSR count). The summed E-state index contributed by atoms with van der Waals surface area (Å²) < 4.78 is 5.02. The molecule has 2 saturated heterocycles. The lowest BCUT2D eigenvalue weighted by Gasteiger charge is -1.99. The van der Waals surface area contributed by atoms with Crippen molar-refractivity contribution in [2.45, 2.75) is 0 Å². The van der Waals surface area contributed by atoms with Crippen molar-refractivity contribution < 1.29 is 23.9 Å². The first kappa shape index (κ1) is 17.1. The minimum atomic E-state index is -0.342. The second-order valence-corrected chi connectivity index (χ2v) is 6.21. The quantitative estimate of drug-likeness (QED) is 0.785. The molecule has 0 atom stereocenters. The van der Waals surface area contributed by atoms with E-state index in [0.29, 0.717) is 10.7 Å². The number of methoxy groups -OCH3 is 1. The number of ether oxygens (including phenoxy) is 1. The molecule has 0 aromatic heterocycles. The molecule has 4 amide bonds. The molecule has 1 aromatic rings. The summed E-state index contributed by atoms with van der Waals surface area (Å²) in [4.78, 5) is 42.8. The largest absolute Gasteiger partial charge is 0.497 e. The smallest absolute Gasteiger partial charge is 0.290 e. The molecule has 23 heavy (non-hydrogen) atoms.